The quantitative estimate of drug-likeness (QED) is 0.601. The zero-order valence-electron chi connectivity index (χ0n) is 16.7. The summed E-state index contributed by atoms with van der Waals surface area (Å²) in [6.07, 6.45) is 2.69. The molecular formula is C23H30N2O3. The van der Waals surface area contributed by atoms with E-state index in [-0.39, 0.29) is 0 Å². The van der Waals surface area contributed by atoms with Crippen LogP contribution in [0, 0.1) is 0 Å². The molecule has 1 aliphatic heterocycles. The summed E-state index contributed by atoms with van der Waals surface area (Å²) < 4.78 is 11.7. The Labute approximate surface area is 167 Å². The Balaban J connectivity index is 1.46. The summed E-state index contributed by atoms with van der Waals surface area (Å²) in [5.41, 5.74) is 2.29. The predicted octanol–water partition coefficient (Wildman–Crippen LogP) is 3.77. The third-order valence-electron chi connectivity index (χ3n) is 4.83. The average molecular weight is 383 g/mol. The van der Waals surface area contributed by atoms with E-state index in [2.05, 4.69) is 11.4 Å². The molecular weight excluding hydrogens is 352 g/mol. The second-order valence-electron chi connectivity index (χ2n) is 7.00. The van der Waals surface area contributed by atoms with Gasteiger partial charge in [-0.15, -0.1) is 0 Å². The fraction of sp³-hybridized carbons (Fsp3) is 0.435. The lowest BCUT2D eigenvalue weighted by Crippen LogP contribution is -2.28. The third-order valence-corrected chi connectivity index (χ3v) is 4.83. The number of carbonyl (C=O) groups excluding carboxylic acids is 1. The van der Waals surface area contributed by atoms with Crippen LogP contribution in [0.15, 0.2) is 48.5 Å². The summed E-state index contributed by atoms with van der Waals surface area (Å²) in [6, 6.07) is 16.2. The molecule has 2 aromatic carbocycles. The number of nitrogens with one attached hydrogen (secondary N) is 1. The molecule has 1 saturated heterocycles. The van der Waals surface area contributed by atoms with Crippen LogP contribution in [-0.2, 0) is 17.9 Å². The Morgan fingerprint density at radius 1 is 1.04 bits per heavy atom. The van der Waals surface area contributed by atoms with E-state index < -0.39 is 0 Å². The molecule has 0 radical (unpaired) electrons. The fourth-order valence-electron chi connectivity index (χ4n) is 3.35. The van der Waals surface area contributed by atoms with Crippen molar-refractivity contribution >= 4 is 5.91 Å². The van der Waals surface area contributed by atoms with Gasteiger partial charge in [0.1, 0.15) is 6.61 Å². The number of hydrogen-bond donors (Lipinski definition) is 1. The number of ether oxygens (including phenoxy) is 2. The highest BCUT2D eigenvalue weighted by Gasteiger charge is 2.18. The monoisotopic (exact) mass is 382 g/mol. The zero-order valence-corrected chi connectivity index (χ0v) is 16.7. The van der Waals surface area contributed by atoms with Crippen molar-refractivity contribution in [3.63, 3.8) is 0 Å². The van der Waals surface area contributed by atoms with Crippen LogP contribution in [0.3, 0.4) is 0 Å². The topological polar surface area (TPSA) is 50.8 Å². The van der Waals surface area contributed by atoms with Crippen molar-refractivity contribution in [2.45, 2.75) is 39.3 Å². The zero-order chi connectivity index (χ0) is 19.6. The first-order valence-electron chi connectivity index (χ1n) is 10.2. The van der Waals surface area contributed by atoms with E-state index in [1.807, 2.05) is 54.3 Å². The first-order chi connectivity index (χ1) is 13.8. The molecule has 0 bridgehead atoms. The molecule has 1 heterocycles. The van der Waals surface area contributed by atoms with Gasteiger partial charge in [-0.3, -0.25) is 4.79 Å². The van der Waals surface area contributed by atoms with Gasteiger partial charge in [-0.05, 0) is 49.6 Å². The molecule has 5 heteroatoms. The molecule has 0 aromatic heterocycles. The van der Waals surface area contributed by atoms with Crippen molar-refractivity contribution in [1.29, 1.82) is 0 Å². The highest BCUT2D eigenvalue weighted by atomic mass is 16.5. The number of rotatable bonds is 11. The van der Waals surface area contributed by atoms with Crippen molar-refractivity contribution in [1.82, 2.24) is 10.2 Å². The van der Waals surface area contributed by atoms with Crippen molar-refractivity contribution in [2.75, 3.05) is 26.2 Å². The average Bonchev–Trinajstić information content (AvgIpc) is 3.13. The Morgan fingerprint density at radius 3 is 2.64 bits per heavy atom. The number of likely N-dealkylation sites (tertiary alicyclic amines) is 1. The van der Waals surface area contributed by atoms with Gasteiger partial charge in [0.15, 0.2) is 11.5 Å². The minimum Gasteiger partial charge on any atom is -0.490 e. The van der Waals surface area contributed by atoms with Crippen LogP contribution in [0.5, 0.6) is 11.5 Å². The molecule has 0 aliphatic carbocycles. The van der Waals surface area contributed by atoms with Crippen LogP contribution in [0.25, 0.3) is 0 Å². The second-order valence-corrected chi connectivity index (χ2v) is 7.00. The minimum absolute atomic E-state index is 0.299. The lowest BCUT2D eigenvalue weighted by molar-refractivity contribution is -0.127. The predicted molar refractivity (Wildman–Crippen MR) is 111 cm³/mol. The molecule has 5 nitrogen and oxygen atoms in total. The maximum absolute atomic E-state index is 11.6. The molecule has 28 heavy (non-hydrogen) atoms. The summed E-state index contributed by atoms with van der Waals surface area (Å²) >= 11 is 0. The van der Waals surface area contributed by atoms with Crippen LogP contribution in [0.1, 0.15) is 37.3 Å². The summed E-state index contributed by atoms with van der Waals surface area (Å²) in [4.78, 5) is 13.6. The SMILES string of the molecule is CCOc1cc(CNCCCN2CCCC2=O)ccc1OCc1ccccc1. The first-order valence-corrected chi connectivity index (χ1v) is 10.2. The maximum Gasteiger partial charge on any atom is 0.222 e. The Kier molecular flexibility index (Phi) is 7.73. The van der Waals surface area contributed by atoms with Gasteiger partial charge in [-0.1, -0.05) is 36.4 Å². The summed E-state index contributed by atoms with van der Waals surface area (Å²) in [7, 11) is 0. The van der Waals surface area contributed by atoms with Crippen molar-refractivity contribution in [3.05, 3.63) is 59.7 Å². The van der Waals surface area contributed by atoms with E-state index in [9.17, 15) is 4.79 Å². The lowest BCUT2D eigenvalue weighted by atomic mass is 10.2. The van der Waals surface area contributed by atoms with E-state index in [1.54, 1.807) is 0 Å². The molecule has 0 atom stereocenters. The molecule has 1 N–H and O–H groups in total. The van der Waals surface area contributed by atoms with Gasteiger partial charge in [0.05, 0.1) is 6.61 Å². The number of benzene rings is 2. The highest BCUT2D eigenvalue weighted by molar-refractivity contribution is 5.77. The van der Waals surface area contributed by atoms with Crippen molar-refractivity contribution in [3.8, 4) is 11.5 Å². The summed E-state index contributed by atoms with van der Waals surface area (Å²) in [5, 5.41) is 3.45. The molecule has 150 valence electrons. The summed E-state index contributed by atoms with van der Waals surface area (Å²) in [6.45, 7) is 6.53. The van der Waals surface area contributed by atoms with E-state index in [0.717, 1.165) is 61.6 Å². The molecule has 1 amide bonds. The van der Waals surface area contributed by atoms with Gasteiger partial charge in [0.25, 0.3) is 0 Å². The molecule has 1 aliphatic rings. The third kappa shape index (κ3) is 5.99. The van der Waals surface area contributed by atoms with Crippen LogP contribution < -0.4 is 14.8 Å². The normalized spacial score (nSPS) is 13.8. The number of hydrogen-bond acceptors (Lipinski definition) is 4. The Morgan fingerprint density at radius 2 is 1.89 bits per heavy atom. The van der Waals surface area contributed by atoms with Crippen LogP contribution >= 0.6 is 0 Å². The summed E-state index contributed by atoms with van der Waals surface area (Å²) in [5.74, 6) is 1.84. The largest absolute Gasteiger partial charge is 0.490 e. The molecule has 3 rings (SSSR count). The molecule has 1 fully saturated rings. The molecule has 0 unspecified atom stereocenters. The van der Waals surface area contributed by atoms with Crippen LogP contribution in [0.2, 0.25) is 0 Å². The van der Waals surface area contributed by atoms with Crippen molar-refractivity contribution < 1.29 is 14.3 Å². The van der Waals surface area contributed by atoms with Gasteiger partial charge in [0.2, 0.25) is 5.91 Å². The Hall–Kier alpha value is -2.53. The first kappa shape index (κ1) is 20.2. The maximum atomic E-state index is 11.6. The number of nitrogens with zero attached hydrogens (tertiary/aromatic N) is 1. The van der Waals surface area contributed by atoms with Crippen LogP contribution in [0.4, 0.5) is 0 Å². The van der Waals surface area contributed by atoms with E-state index in [1.165, 1.54) is 0 Å². The number of carbonyl (C=O) groups is 1. The molecule has 0 saturated carbocycles. The van der Waals surface area contributed by atoms with E-state index in [4.69, 9.17) is 9.47 Å². The minimum atomic E-state index is 0.299. The Bertz CT molecular complexity index is 749. The lowest BCUT2D eigenvalue weighted by Gasteiger charge is -2.16. The van der Waals surface area contributed by atoms with E-state index in [0.29, 0.717) is 25.5 Å². The van der Waals surface area contributed by atoms with Gasteiger partial charge in [-0.25, -0.2) is 0 Å². The molecule has 2 aromatic rings. The fourth-order valence-corrected chi connectivity index (χ4v) is 3.35. The highest BCUT2D eigenvalue weighted by Crippen LogP contribution is 2.29. The molecule has 0 spiro atoms. The standard InChI is InChI=1S/C23H30N2O3/c1-2-27-22-16-20(17-24-13-7-15-25-14-6-10-23(25)26)11-12-21(22)28-18-19-8-4-3-5-9-19/h3-5,8-9,11-12,16,24H,2,6-7,10,13-15,17-18H2,1H3. The van der Waals surface area contributed by atoms with Gasteiger partial charge in [-0.2, -0.15) is 0 Å². The smallest absolute Gasteiger partial charge is 0.222 e. The second kappa shape index (κ2) is 10.7. The number of amides is 1. The van der Waals surface area contributed by atoms with Crippen LogP contribution in [-0.4, -0.2) is 37.0 Å². The van der Waals surface area contributed by atoms with Gasteiger partial charge >= 0.3 is 0 Å². The van der Waals surface area contributed by atoms with E-state index >= 15 is 0 Å². The van der Waals surface area contributed by atoms with Gasteiger partial charge < -0.3 is 19.7 Å². The van der Waals surface area contributed by atoms with Crippen molar-refractivity contribution in [2.24, 2.45) is 0 Å². The van der Waals surface area contributed by atoms with Gasteiger partial charge in [0, 0.05) is 26.1 Å².